The Morgan fingerprint density at radius 2 is 2.00 bits per heavy atom. The second-order valence-corrected chi connectivity index (χ2v) is 4.90. The van der Waals surface area contributed by atoms with Crippen molar-refractivity contribution < 1.29 is 4.58 Å². The summed E-state index contributed by atoms with van der Waals surface area (Å²) in [5.74, 6) is 0. The standard InChI is InChI=1S/C13H19N2/c1-11-7-8-13-9-14(10-15(11)13)12-5-3-2-4-6-12/h7-9,12H,2-6,10H2,1H3/q+1. The lowest BCUT2D eigenvalue weighted by Gasteiger charge is -2.18. The lowest BCUT2D eigenvalue weighted by molar-refractivity contribution is -0.588. The van der Waals surface area contributed by atoms with Crippen LogP contribution in [0.5, 0.6) is 0 Å². The molecule has 0 saturated heterocycles. The van der Waals surface area contributed by atoms with Crippen molar-refractivity contribution in [2.45, 2.75) is 51.7 Å². The Labute approximate surface area is 91.2 Å². The molecule has 1 aromatic heterocycles. The van der Waals surface area contributed by atoms with Crippen LogP contribution in [0.25, 0.3) is 0 Å². The number of nitrogens with zero attached hydrogens (tertiary/aromatic N) is 2. The molecule has 1 aliphatic carbocycles. The van der Waals surface area contributed by atoms with Gasteiger partial charge in [-0.15, -0.1) is 0 Å². The molecule has 0 N–H and O–H groups in total. The first-order valence-corrected chi connectivity index (χ1v) is 6.11. The maximum atomic E-state index is 2.54. The Morgan fingerprint density at radius 1 is 1.20 bits per heavy atom. The zero-order chi connectivity index (χ0) is 10.3. The van der Waals surface area contributed by atoms with Crippen molar-refractivity contribution in [1.29, 1.82) is 0 Å². The summed E-state index contributed by atoms with van der Waals surface area (Å²) in [6, 6.07) is 5.25. The van der Waals surface area contributed by atoms with E-state index in [-0.39, 0.29) is 0 Å². The van der Waals surface area contributed by atoms with Gasteiger partial charge in [-0.05, 0) is 31.9 Å². The van der Waals surface area contributed by atoms with Crippen LogP contribution in [0.15, 0.2) is 12.1 Å². The van der Waals surface area contributed by atoms with Gasteiger partial charge in [0.15, 0.2) is 12.3 Å². The van der Waals surface area contributed by atoms with E-state index in [0.29, 0.717) is 0 Å². The van der Waals surface area contributed by atoms with Crippen molar-refractivity contribution >= 4 is 6.21 Å². The van der Waals surface area contributed by atoms with Gasteiger partial charge in [0, 0.05) is 18.5 Å². The van der Waals surface area contributed by atoms with E-state index >= 15 is 0 Å². The lowest BCUT2D eigenvalue weighted by Crippen LogP contribution is -2.27. The maximum absolute atomic E-state index is 2.54. The van der Waals surface area contributed by atoms with E-state index in [0.717, 1.165) is 12.7 Å². The molecule has 0 atom stereocenters. The number of fused-ring (bicyclic) bond motifs is 1. The van der Waals surface area contributed by atoms with Gasteiger partial charge in [0.1, 0.15) is 5.69 Å². The fourth-order valence-electron chi connectivity index (χ4n) is 2.90. The van der Waals surface area contributed by atoms with Gasteiger partial charge in [-0.3, -0.25) is 4.57 Å². The van der Waals surface area contributed by atoms with Crippen LogP contribution in [0.1, 0.15) is 43.5 Å². The van der Waals surface area contributed by atoms with Gasteiger partial charge < -0.3 is 0 Å². The predicted molar refractivity (Wildman–Crippen MR) is 61.5 cm³/mol. The molecule has 0 unspecified atom stereocenters. The molecule has 2 nitrogen and oxygen atoms in total. The summed E-state index contributed by atoms with van der Waals surface area (Å²) >= 11 is 0. The van der Waals surface area contributed by atoms with Crippen LogP contribution in [0.3, 0.4) is 0 Å². The summed E-state index contributed by atoms with van der Waals surface area (Å²) < 4.78 is 4.95. The molecule has 2 heterocycles. The van der Waals surface area contributed by atoms with Gasteiger partial charge in [0.25, 0.3) is 0 Å². The summed E-state index contributed by atoms with van der Waals surface area (Å²) in [4.78, 5) is 0. The highest BCUT2D eigenvalue weighted by Crippen LogP contribution is 2.23. The third-order valence-corrected chi connectivity index (χ3v) is 3.88. The number of aryl methyl sites for hydroxylation is 1. The van der Waals surface area contributed by atoms with Crippen molar-refractivity contribution in [3.63, 3.8) is 0 Å². The molecule has 0 spiro atoms. The second kappa shape index (κ2) is 3.51. The van der Waals surface area contributed by atoms with E-state index in [1.54, 1.807) is 0 Å². The van der Waals surface area contributed by atoms with Crippen LogP contribution in [-0.4, -0.2) is 21.4 Å². The monoisotopic (exact) mass is 203 g/mol. The van der Waals surface area contributed by atoms with Crippen LogP contribution >= 0.6 is 0 Å². The van der Waals surface area contributed by atoms with Gasteiger partial charge in [-0.25, -0.2) is 4.58 Å². The third kappa shape index (κ3) is 1.52. The van der Waals surface area contributed by atoms with Crippen LogP contribution in [0.2, 0.25) is 0 Å². The Hall–Kier alpha value is -1.05. The normalized spacial score (nSPS) is 21.5. The van der Waals surface area contributed by atoms with Crippen LogP contribution < -0.4 is 0 Å². The first-order chi connectivity index (χ1) is 7.34. The summed E-state index contributed by atoms with van der Waals surface area (Å²) in [5, 5.41) is 0. The Kier molecular flexibility index (Phi) is 2.15. The molecule has 0 bridgehead atoms. The molecule has 1 saturated carbocycles. The first kappa shape index (κ1) is 9.20. The minimum Gasteiger partial charge on any atom is -0.284 e. The highest BCUT2D eigenvalue weighted by Gasteiger charge is 2.28. The van der Waals surface area contributed by atoms with Gasteiger partial charge in [0.05, 0.1) is 0 Å². The molecule has 15 heavy (non-hydrogen) atoms. The van der Waals surface area contributed by atoms with Gasteiger partial charge in [-0.2, -0.15) is 0 Å². The summed E-state index contributed by atoms with van der Waals surface area (Å²) in [7, 11) is 0. The maximum Gasteiger partial charge on any atom is 0.223 e. The van der Waals surface area contributed by atoms with Crippen LogP contribution in [-0.2, 0) is 6.67 Å². The number of aromatic nitrogens is 1. The minimum atomic E-state index is 0.804. The molecule has 80 valence electrons. The van der Waals surface area contributed by atoms with Crippen molar-refractivity contribution in [3.05, 3.63) is 23.5 Å². The Balaban J connectivity index is 1.81. The average molecular weight is 203 g/mol. The fraction of sp³-hybridized carbons (Fsp3) is 0.615. The van der Waals surface area contributed by atoms with Crippen molar-refractivity contribution in [1.82, 2.24) is 4.57 Å². The van der Waals surface area contributed by atoms with E-state index < -0.39 is 0 Å². The molecule has 1 fully saturated rings. The fourth-order valence-corrected chi connectivity index (χ4v) is 2.90. The third-order valence-electron chi connectivity index (χ3n) is 3.88. The summed E-state index contributed by atoms with van der Waals surface area (Å²) in [5.41, 5.74) is 2.78. The minimum absolute atomic E-state index is 0.804. The smallest absolute Gasteiger partial charge is 0.223 e. The highest BCUT2D eigenvalue weighted by molar-refractivity contribution is 5.74. The average Bonchev–Trinajstić information content (AvgIpc) is 2.83. The molecule has 0 radical (unpaired) electrons. The lowest BCUT2D eigenvalue weighted by atomic mass is 9.95. The number of hydrogen-bond acceptors (Lipinski definition) is 0. The quantitative estimate of drug-likeness (QED) is 0.620. The number of hydrogen-bond donors (Lipinski definition) is 0. The van der Waals surface area contributed by atoms with Gasteiger partial charge >= 0.3 is 0 Å². The summed E-state index contributed by atoms with van der Waals surface area (Å²) in [6.45, 7) is 3.28. The van der Waals surface area contributed by atoms with E-state index in [4.69, 9.17) is 0 Å². The largest absolute Gasteiger partial charge is 0.284 e. The van der Waals surface area contributed by atoms with Gasteiger partial charge in [-0.1, -0.05) is 6.42 Å². The van der Waals surface area contributed by atoms with Crippen LogP contribution in [0.4, 0.5) is 0 Å². The molecule has 1 aliphatic heterocycles. The highest BCUT2D eigenvalue weighted by atomic mass is 15.2. The molecular weight excluding hydrogens is 184 g/mol. The predicted octanol–water partition coefficient (Wildman–Crippen LogP) is 2.53. The molecule has 3 rings (SSSR count). The van der Waals surface area contributed by atoms with Crippen LogP contribution in [0, 0.1) is 6.92 Å². The zero-order valence-electron chi connectivity index (χ0n) is 9.45. The SMILES string of the molecule is Cc1ccc2n1C[N+](C1CCCCC1)=C2. The Morgan fingerprint density at radius 3 is 2.73 bits per heavy atom. The topological polar surface area (TPSA) is 7.94 Å². The molecule has 1 aromatic rings. The van der Waals surface area contributed by atoms with E-state index in [2.05, 4.69) is 34.4 Å². The van der Waals surface area contributed by atoms with Crippen molar-refractivity contribution in [2.24, 2.45) is 0 Å². The second-order valence-electron chi connectivity index (χ2n) is 4.90. The summed E-state index contributed by atoms with van der Waals surface area (Å²) in [6.07, 6.45) is 9.41. The van der Waals surface area contributed by atoms with E-state index in [1.807, 2.05) is 0 Å². The first-order valence-electron chi connectivity index (χ1n) is 6.11. The molecule has 2 heteroatoms. The number of rotatable bonds is 1. The molecule has 0 aromatic carbocycles. The van der Waals surface area contributed by atoms with E-state index in [9.17, 15) is 0 Å². The molecule has 2 aliphatic rings. The van der Waals surface area contributed by atoms with Crippen molar-refractivity contribution in [2.75, 3.05) is 0 Å². The molecular formula is C13H19N2+. The van der Waals surface area contributed by atoms with Crippen molar-refractivity contribution in [3.8, 4) is 0 Å². The molecule has 0 amide bonds. The Bertz CT molecular complexity index is 395. The van der Waals surface area contributed by atoms with Gasteiger partial charge in [0.2, 0.25) is 6.67 Å². The zero-order valence-corrected chi connectivity index (χ0v) is 9.45. The van der Waals surface area contributed by atoms with E-state index in [1.165, 1.54) is 43.5 Å².